The minimum atomic E-state index is -3.65. The number of hydrogen-bond acceptors (Lipinski definition) is 5. The number of rotatable bonds is 3. The van der Waals surface area contributed by atoms with Gasteiger partial charge in [0.25, 0.3) is 0 Å². The van der Waals surface area contributed by atoms with E-state index in [0.29, 0.717) is 43.8 Å². The van der Waals surface area contributed by atoms with Crippen molar-refractivity contribution in [2.75, 3.05) is 13.1 Å². The molecule has 4 rings (SSSR count). The van der Waals surface area contributed by atoms with E-state index >= 15 is 0 Å². The van der Waals surface area contributed by atoms with Crippen LogP contribution in [0.15, 0.2) is 21.4 Å². The van der Waals surface area contributed by atoms with Gasteiger partial charge in [0.15, 0.2) is 15.4 Å². The molecule has 1 atom stereocenters. The van der Waals surface area contributed by atoms with Crippen LogP contribution in [-0.2, 0) is 15.3 Å². The van der Waals surface area contributed by atoms with Crippen LogP contribution in [0.25, 0.3) is 11.1 Å². The van der Waals surface area contributed by atoms with Crippen molar-refractivity contribution in [2.24, 2.45) is 0 Å². The second kappa shape index (κ2) is 6.42. The molecule has 0 spiro atoms. The summed E-state index contributed by atoms with van der Waals surface area (Å²) in [4.78, 5) is 6.55. The van der Waals surface area contributed by atoms with Gasteiger partial charge in [-0.05, 0) is 31.4 Å². The predicted octanol–water partition coefficient (Wildman–Crippen LogP) is 4.13. The fourth-order valence-electron chi connectivity index (χ4n) is 3.86. The number of sulfone groups is 1. The predicted molar refractivity (Wildman–Crippen MR) is 103 cm³/mol. The number of benzene rings is 1. The summed E-state index contributed by atoms with van der Waals surface area (Å²) in [6.07, 6.45) is 0.741. The molecule has 2 aromatic rings. The summed E-state index contributed by atoms with van der Waals surface area (Å²) in [5, 5.41) is -0.361. The zero-order valence-electron chi connectivity index (χ0n) is 15.7. The van der Waals surface area contributed by atoms with Gasteiger partial charge >= 0.3 is 0 Å². The van der Waals surface area contributed by atoms with Crippen LogP contribution in [0.4, 0.5) is 4.39 Å². The molecule has 0 bridgehead atoms. The first-order valence-electron chi connectivity index (χ1n) is 9.29. The summed E-state index contributed by atoms with van der Waals surface area (Å²) in [5.41, 5.74) is 0.395. The number of fused-ring (bicyclic) bond motifs is 1. The molecule has 1 saturated carbocycles. The number of halogens is 2. The molecular formula is C19H24ClFN2O3S. The molecule has 2 aliphatic rings. The van der Waals surface area contributed by atoms with Crippen LogP contribution >= 0.6 is 11.6 Å². The van der Waals surface area contributed by atoms with E-state index in [1.54, 1.807) is 12.1 Å². The molecule has 0 radical (unpaired) electrons. The van der Waals surface area contributed by atoms with E-state index in [4.69, 9.17) is 16.0 Å². The van der Waals surface area contributed by atoms with Crippen LogP contribution in [0, 0.1) is 0 Å². The number of alkyl halides is 1. The van der Waals surface area contributed by atoms with E-state index in [9.17, 15) is 12.8 Å². The van der Waals surface area contributed by atoms with Crippen molar-refractivity contribution in [3.8, 4) is 0 Å². The van der Waals surface area contributed by atoms with Gasteiger partial charge in [-0.2, -0.15) is 0 Å². The summed E-state index contributed by atoms with van der Waals surface area (Å²) in [5.74, 6) is 0.480. The highest BCUT2D eigenvalue weighted by Crippen LogP contribution is 2.41. The Bertz CT molecular complexity index is 977. The van der Waals surface area contributed by atoms with Crippen LogP contribution < -0.4 is 0 Å². The summed E-state index contributed by atoms with van der Waals surface area (Å²) in [7, 11) is -3.65. The Kier molecular flexibility index (Phi) is 4.56. The first kappa shape index (κ1) is 19.2. The minimum Gasteiger partial charge on any atom is -0.439 e. The molecule has 0 amide bonds. The van der Waals surface area contributed by atoms with Gasteiger partial charge in [0.2, 0.25) is 5.89 Å². The molecule has 0 unspecified atom stereocenters. The SMILES string of the molecule is CC(C)(C)c1nc2ccc(Cl)c(S(=O)(=O)[C@H]3C[C@H](N4CC[C@@H](F)C4)C3)c2o1. The molecule has 1 aliphatic carbocycles. The standard InChI is InChI=1S/C19H24ClFN2O3S/c1-19(2,3)18-22-15-5-4-14(20)17(16(15)26-18)27(24,25)13-8-12(9-13)23-7-6-11(21)10-23/h4-5,11-13H,6-10H2,1-3H3/t11-,12-,13-/m1/s1. The lowest BCUT2D eigenvalue weighted by Crippen LogP contribution is -2.49. The number of aromatic nitrogens is 1. The van der Waals surface area contributed by atoms with Crippen molar-refractivity contribution in [1.29, 1.82) is 0 Å². The average molecular weight is 415 g/mol. The summed E-state index contributed by atoms with van der Waals surface area (Å²) < 4.78 is 45.8. The Morgan fingerprint density at radius 1 is 1.30 bits per heavy atom. The lowest BCUT2D eigenvalue weighted by Gasteiger charge is -2.40. The van der Waals surface area contributed by atoms with E-state index in [0.717, 1.165) is 0 Å². The second-order valence-electron chi connectivity index (χ2n) is 8.67. The topological polar surface area (TPSA) is 63.4 Å². The van der Waals surface area contributed by atoms with Gasteiger partial charge in [-0.3, -0.25) is 4.90 Å². The first-order chi connectivity index (χ1) is 12.6. The molecule has 2 fully saturated rings. The zero-order chi connectivity index (χ0) is 19.6. The maximum Gasteiger partial charge on any atom is 0.200 e. The van der Waals surface area contributed by atoms with Crippen molar-refractivity contribution >= 4 is 32.5 Å². The third kappa shape index (κ3) is 3.28. The summed E-state index contributed by atoms with van der Waals surface area (Å²) >= 11 is 6.29. The van der Waals surface area contributed by atoms with Crippen LogP contribution in [0.3, 0.4) is 0 Å². The molecule has 148 valence electrons. The summed E-state index contributed by atoms with van der Waals surface area (Å²) in [6.45, 7) is 6.98. The molecule has 1 aromatic heterocycles. The number of hydrogen-bond donors (Lipinski definition) is 0. The van der Waals surface area contributed by atoms with Crippen LogP contribution in [0.1, 0.15) is 45.9 Å². The monoisotopic (exact) mass is 414 g/mol. The Hall–Kier alpha value is -1.18. The molecular weight excluding hydrogens is 391 g/mol. The van der Waals surface area contributed by atoms with Crippen molar-refractivity contribution < 1.29 is 17.2 Å². The Labute approximate surface area is 163 Å². The highest BCUT2D eigenvalue weighted by atomic mass is 35.5. The van der Waals surface area contributed by atoms with E-state index in [1.165, 1.54) is 0 Å². The number of oxazole rings is 1. The highest BCUT2D eigenvalue weighted by molar-refractivity contribution is 7.92. The van der Waals surface area contributed by atoms with Gasteiger partial charge in [0.05, 0.1) is 10.3 Å². The average Bonchev–Trinajstić information content (AvgIpc) is 3.10. The lowest BCUT2D eigenvalue weighted by atomic mass is 9.91. The minimum absolute atomic E-state index is 0.0397. The zero-order valence-corrected chi connectivity index (χ0v) is 17.3. The lowest BCUT2D eigenvalue weighted by molar-refractivity contribution is 0.150. The summed E-state index contributed by atoms with van der Waals surface area (Å²) in [6, 6.07) is 3.38. The van der Waals surface area contributed by atoms with E-state index in [-0.39, 0.29) is 27.0 Å². The van der Waals surface area contributed by atoms with Crippen LogP contribution in [0.5, 0.6) is 0 Å². The largest absolute Gasteiger partial charge is 0.439 e. The molecule has 27 heavy (non-hydrogen) atoms. The third-order valence-electron chi connectivity index (χ3n) is 5.58. The Morgan fingerprint density at radius 2 is 2.00 bits per heavy atom. The second-order valence-corrected chi connectivity index (χ2v) is 11.2. The van der Waals surface area contributed by atoms with Gasteiger partial charge in [-0.25, -0.2) is 17.8 Å². The molecule has 2 heterocycles. The van der Waals surface area contributed by atoms with Crippen LogP contribution in [-0.4, -0.2) is 48.9 Å². The highest BCUT2D eigenvalue weighted by Gasteiger charge is 2.45. The molecule has 1 aliphatic heterocycles. The van der Waals surface area contributed by atoms with Gasteiger partial charge in [0, 0.05) is 24.5 Å². The van der Waals surface area contributed by atoms with Crippen molar-refractivity contribution in [3.05, 3.63) is 23.0 Å². The van der Waals surface area contributed by atoms with Gasteiger partial charge in [-0.15, -0.1) is 0 Å². The third-order valence-corrected chi connectivity index (χ3v) is 8.24. The molecule has 5 nitrogen and oxygen atoms in total. The van der Waals surface area contributed by atoms with Crippen LogP contribution in [0.2, 0.25) is 5.02 Å². The van der Waals surface area contributed by atoms with Crippen molar-refractivity contribution in [3.63, 3.8) is 0 Å². The Morgan fingerprint density at radius 3 is 2.59 bits per heavy atom. The molecule has 0 N–H and O–H groups in total. The van der Waals surface area contributed by atoms with E-state index in [2.05, 4.69) is 9.88 Å². The molecule has 1 saturated heterocycles. The Balaban J connectivity index is 1.65. The van der Waals surface area contributed by atoms with Gasteiger partial charge < -0.3 is 4.42 Å². The van der Waals surface area contributed by atoms with Crippen molar-refractivity contribution in [1.82, 2.24) is 9.88 Å². The maximum absolute atomic E-state index is 13.4. The van der Waals surface area contributed by atoms with E-state index in [1.807, 2.05) is 20.8 Å². The fraction of sp³-hybridized carbons (Fsp3) is 0.632. The smallest absolute Gasteiger partial charge is 0.200 e. The number of nitrogens with zero attached hydrogens (tertiary/aromatic N) is 2. The van der Waals surface area contributed by atoms with Crippen molar-refractivity contribution in [2.45, 2.75) is 67.8 Å². The first-order valence-corrected chi connectivity index (χ1v) is 11.2. The molecule has 8 heteroatoms. The quantitative estimate of drug-likeness (QED) is 0.755. The number of likely N-dealkylation sites (tertiary alicyclic amines) is 1. The van der Waals surface area contributed by atoms with E-state index < -0.39 is 21.3 Å². The maximum atomic E-state index is 13.4. The normalized spacial score (nSPS) is 27.2. The van der Waals surface area contributed by atoms with Gasteiger partial charge in [0.1, 0.15) is 16.6 Å². The fourth-order valence-corrected chi connectivity index (χ4v) is 6.36. The van der Waals surface area contributed by atoms with Gasteiger partial charge in [-0.1, -0.05) is 32.4 Å². The molecule has 1 aromatic carbocycles.